The van der Waals surface area contributed by atoms with Crippen LogP contribution in [-0.4, -0.2) is 24.3 Å². The van der Waals surface area contributed by atoms with Crippen molar-refractivity contribution >= 4 is 0 Å². The van der Waals surface area contributed by atoms with Crippen molar-refractivity contribution in [3.05, 3.63) is 0 Å². The molecule has 0 aromatic rings. The minimum Gasteiger partial charge on any atom is -0.393 e. The predicted molar refractivity (Wildman–Crippen MR) is 46.5 cm³/mol. The van der Waals surface area contributed by atoms with Crippen LogP contribution in [0.15, 0.2) is 0 Å². The first-order valence-corrected chi connectivity index (χ1v) is 4.73. The van der Waals surface area contributed by atoms with E-state index in [-0.39, 0.29) is 6.10 Å². The Morgan fingerprint density at radius 1 is 1.45 bits per heavy atom. The standard InChI is InChI=1S/C9H19NO/c1-2-3-5-10-6-4-8-7-9(8)11/h8-11H,2-7H2,1H3. The average molecular weight is 157 g/mol. The summed E-state index contributed by atoms with van der Waals surface area (Å²) in [6.45, 7) is 4.42. The van der Waals surface area contributed by atoms with Crippen molar-refractivity contribution in [2.75, 3.05) is 13.1 Å². The van der Waals surface area contributed by atoms with Gasteiger partial charge in [-0.15, -0.1) is 0 Å². The van der Waals surface area contributed by atoms with Gasteiger partial charge in [-0.3, -0.25) is 0 Å². The van der Waals surface area contributed by atoms with E-state index in [1.54, 1.807) is 0 Å². The molecule has 0 saturated heterocycles. The second-order valence-corrected chi connectivity index (χ2v) is 3.46. The first-order valence-electron chi connectivity index (χ1n) is 4.73. The van der Waals surface area contributed by atoms with Crippen molar-refractivity contribution in [1.82, 2.24) is 5.32 Å². The van der Waals surface area contributed by atoms with Gasteiger partial charge in [0.2, 0.25) is 0 Å². The van der Waals surface area contributed by atoms with Gasteiger partial charge in [-0.2, -0.15) is 0 Å². The van der Waals surface area contributed by atoms with Crippen molar-refractivity contribution < 1.29 is 5.11 Å². The minimum absolute atomic E-state index is 0.0305. The Bertz CT molecular complexity index is 106. The maximum atomic E-state index is 9.00. The van der Waals surface area contributed by atoms with Crippen molar-refractivity contribution in [2.45, 2.75) is 38.7 Å². The van der Waals surface area contributed by atoms with Crippen molar-refractivity contribution in [3.8, 4) is 0 Å². The first kappa shape index (κ1) is 9.01. The van der Waals surface area contributed by atoms with Gasteiger partial charge in [-0.25, -0.2) is 0 Å². The maximum absolute atomic E-state index is 9.00. The number of hydrogen-bond donors (Lipinski definition) is 2. The topological polar surface area (TPSA) is 32.3 Å². The number of unbranched alkanes of at least 4 members (excludes halogenated alkanes) is 1. The zero-order chi connectivity index (χ0) is 8.10. The zero-order valence-electron chi connectivity index (χ0n) is 7.34. The van der Waals surface area contributed by atoms with Gasteiger partial charge in [0.15, 0.2) is 0 Å². The third-order valence-corrected chi connectivity index (χ3v) is 2.28. The van der Waals surface area contributed by atoms with E-state index >= 15 is 0 Å². The molecule has 0 aromatic heterocycles. The molecule has 66 valence electrons. The Morgan fingerprint density at radius 2 is 2.18 bits per heavy atom. The highest BCUT2D eigenvalue weighted by Crippen LogP contribution is 2.32. The van der Waals surface area contributed by atoms with Crippen LogP contribution in [0.5, 0.6) is 0 Å². The smallest absolute Gasteiger partial charge is 0.0573 e. The summed E-state index contributed by atoms with van der Waals surface area (Å²) in [6, 6.07) is 0. The number of hydrogen-bond acceptors (Lipinski definition) is 2. The molecule has 0 heterocycles. The van der Waals surface area contributed by atoms with E-state index in [1.165, 1.54) is 12.8 Å². The van der Waals surface area contributed by atoms with Crippen LogP contribution in [0.1, 0.15) is 32.6 Å². The molecule has 0 spiro atoms. The lowest BCUT2D eigenvalue weighted by Gasteiger charge is -2.01. The summed E-state index contributed by atoms with van der Waals surface area (Å²) in [5.74, 6) is 0.615. The maximum Gasteiger partial charge on any atom is 0.0573 e. The van der Waals surface area contributed by atoms with Crippen LogP contribution in [-0.2, 0) is 0 Å². The molecule has 1 saturated carbocycles. The van der Waals surface area contributed by atoms with E-state index in [0.29, 0.717) is 5.92 Å². The van der Waals surface area contributed by atoms with E-state index < -0.39 is 0 Å². The molecular formula is C9H19NO. The normalized spacial score (nSPS) is 28.9. The number of rotatable bonds is 6. The summed E-state index contributed by atoms with van der Waals surface area (Å²) in [5.41, 5.74) is 0. The molecule has 1 fully saturated rings. The van der Waals surface area contributed by atoms with E-state index in [9.17, 15) is 0 Å². The lowest BCUT2D eigenvalue weighted by atomic mass is 10.3. The molecule has 0 aromatic carbocycles. The molecule has 2 heteroatoms. The quantitative estimate of drug-likeness (QED) is 0.567. The van der Waals surface area contributed by atoms with Crippen LogP contribution in [0.3, 0.4) is 0 Å². The van der Waals surface area contributed by atoms with Crippen LogP contribution in [0.25, 0.3) is 0 Å². The van der Waals surface area contributed by atoms with E-state index in [1.807, 2.05) is 0 Å². The summed E-state index contributed by atoms with van der Waals surface area (Å²) in [5, 5.41) is 12.4. The molecular weight excluding hydrogens is 138 g/mol. The predicted octanol–water partition coefficient (Wildman–Crippen LogP) is 1.15. The molecule has 0 bridgehead atoms. The Labute approximate surface area is 69.0 Å². The lowest BCUT2D eigenvalue weighted by Crippen LogP contribution is -2.17. The fourth-order valence-corrected chi connectivity index (χ4v) is 1.26. The number of aliphatic hydroxyl groups is 1. The van der Waals surface area contributed by atoms with Crippen LogP contribution >= 0.6 is 0 Å². The SMILES string of the molecule is CCCCNCCC1CC1O. The summed E-state index contributed by atoms with van der Waals surface area (Å²) in [4.78, 5) is 0. The van der Waals surface area contributed by atoms with E-state index in [4.69, 9.17) is 5.11 Å². The molecule has 2 unspecified atom stereocenters. The summed E-state index contributed by atoms with van der Waals surface area (Å²) in [7, 11) is 0. The van der Waals surface area contributed by atoms with Crippen molar-refractivity contribution in [2.24, 2.45) is 5.92 Å². The highest BCUT2D eigenvalue weighted by Gasteiger charge is 2.33. The molecule has 0 amide bonds. The Kier molecular flexibility index (Phi) is 3.87. The second kappa shape index (κ2) is 4.73. The molecule has 1 rings (SSSR count). The molecule has 11 heavy (non-hydrogen) atoms. The largest absolute Gasteiger partial charge is 0.393 e. The van der Waals surface area contributed by atoms with Gasteiger partial charge in [-0.05, 0) is 38.3 Å². The van der Waals surface area contributed by atoms with Crippen molar-refractivity contribution in [3.63, 3.8) is 0 Å². The van der Waals surface area contributed by atoms with Gasteiger partial charge in [0.1, 0.15) is 0 Å². The van der Waals surface area contributed by atoms with Gasteiger partial charge >= 0.3 is 0 Å². The monoisotopic (exact) mass is 157 g/mol. The van der Waals surface area contributed by atoms with Crippen molar-refractivity contribution in [1.29, 1.82) is 0 Å². The third-order valence-electron chi connectivity index (χ3n) is 2.28. The van der Waals surface area contributed by atoms with Gasteiger partial charge in [-0.1, -0.05) is 13.3 Å². The number of aliphatic hydroxyl groups excluding tert-OH is 1. The Hall–Kier alpha value is -0.0800. The van der Waals surface area contributed by atoms with Crippen LogP contribution in [0.2, 0.25) is 0 Å². The van der Waals surface area contributed by atoms with Crippen LogP contribution < -0.4 is 5.32 Å². The van der Waals surface area contributed by atoms with Gasteiger partial charge < -0.3 is 10.4 Å². The molecule has 0 aliphatic heterocycles. The highest BCUT2D eigenvalue weighted by atomic mass is 16.3. The van der Waals surface area contributed by atoms with Gasteiger partial charge in [0.25, 0.3) is 0 Å². The Morgan fingerprint density at radius 3 is 2.73 bits per heavy atom. The molecule has 2 nitrogen and oxygen atoms in total. The minimum atomic E-state index is 0.0305. The van der Waals surface area contributed by atoms with E-state index in [2.05, 4.69) is 12.2 Å². The molecule has 2 N–H and O–H groups in total. The summed E-state index contributed by atoms with van der Waals surface area (Å²) in [6.07, 6.45) is 4.76. The van der Waals surface area contributed by atoms with Crippen LogP contribution in [0.4, 0.5) is 0 Å². The van der Waals surface area contributed by atoms with E-state index in [0.717, 1.165) is 25.9 Å². The highest BCUT2D eigenvalue weighted by molar-refractivity contribution is 4.85. The Balaban J connectivity index is 1.74. The summed E-state index contributed by atoms with van der Waals surface area (Å²) >= 11 is 0. The van der Waals surface area contributed by atoms with Crippen LogP contribution in [0, 0.1) is 5.92 Å². The first-order chi connectivity index (χ1) is 5.34. The van der Waals surface area contributed by atoms with Gasteiger partial charge in [0.05, 0.1) is 6.10 Å². The average Bonchev–Trinajstić information content (AvgIpc) is 2.67. The zero-order valence-corrected chi connectivity index (χ0v) is 7.34. The fourth-order valence-electron chi connectivity index (χ4n) is 1.26. The fraction of sp³-hybridized carbons (Fsp3) is 1.00. The van der Waals surface area contributed by atoms with Gasteiger partial charge in [0, 0.05) is 0 Å². The molecule has 1 aliphatic carbocycles. The third kappa shape index (κ3) is 3.73. The molecule has 1 aliphatic rings. The molecule has 2 atom stereocenters. The summed E-state index contributed by atoms with van der Waals surface area (Å²) < 4.78 is 0. The molecule has 0 radical (unpaired) electrons. The lowest BCUT2D eigenvalue weighted by molar-refractivity contribution is 0.256. The number of nitrogens with one attached hydrogen (secondary N) is 1. The second-order valence-electron chi connectivity index (χ2n) is 3.46.